The summed E-state index contributed by atoms with van der Waals surface area (Å²) >= 11 is 8.58. The Bertz CT molecular complexity index is 875. The molecule has 9 heteroatoms. The monoisotopic (exact) mass is 479 g/mol. The van der Waals surface area contributed by atoms with Crippen molar-refractivity contribution in [2.24, 2.45) is 0 Å². The van der Waals surface area contributed by atoms with Crippen molar-refractivity contribution in [1.29, 1.82) is 0 Å². The summed E-state index contributed by atoms with van der Waals surface area (Å²) < 4.78 is 11.1. The van der Waals surface area contributed by atoms with Gasteiger partial charge >= 0.3 is 0 Å². The van der Waals surface area contributed by atoms with Crippen LogP contribution in [0.2, 0.25) is 0 Å². The quantitative estimate of drug-likeness (QED) is 0.397. The van der Waals surface area contributed by atoms with Crippen molar-refractivity contribution < 1.29 is 19.1 Å². The Hall–Kier alpha value is -2.49. The first-order valence-corrected chi connectivity index (χ1v) is 10.1. The Morgan fingerprint density at radius 1 is 1.03 bits per heavy atom. The van der Waals surface area contributed by atoms with Crippen LogP contribution in [0.15, 0.2) is 46.9 Å². The van der Waals surface area contributed by atoms with E-state index >= 15 is 0 Å². The van der Waals surface area contributed by atoms with Gasteiger partial charge in [-0.05, 0) is 77.5 Å². The molecule has 0 saturated carbocycles. The first kappa shape index (κ1) is 22.8. The van der Waals surface area contributed by atoms with Gasteiger partial charge in [-0.25, -0.2) is 0 Å². The van der Waals surface area contributed by atoms with Crippen molar-refractivity contribution in [2.75, 3.05) is 32.2 Å². The molecule has 0 spiro atoms. The maximum absolute atomic E-state index is 12.4. The van der Waals surface area contributed by atoms with Gasteiger partial charge in [0.2, 0.25) is 0 Å². The number of methoxy groups -OCH3 is 1. The molecule has 2 aromatic rings. The number of rotatable bonds is 8. The lowest BCUT2D eigenvalue weighted by molar-refractivity contribution is 0.0953. The Morgan fingerprint density at radius 3 is 2.34 bits per heavy atom. The third kappa shape index (κ3) is 7.12. The van der Waals surface area contributed by atoms with Crippen LogP contribution in [0.1, 0.15) is 27.6 Å². The molecule has 0 fully saturated rings. The molecule has 2 aromatic carbocycles. The highest BCUT2D eigenvalue weighted by Crippen LogP contribution is 2.26. The van der Waals surface area contributed by atoms with Gasteiger partial charge in [0, 0.05) is 30.5 Å². The second kappa shape index (κ2) is 11.5. The van der Waals surface area contributed by atoms with Crippen LogP contribution in [0, 0.1) is 0 Å². The zero-order chi connectivity index (χ0) is 21.2. The van der Waals surface area contributed by atoms with Gasteiger partial charge in [-0.3, -0.25) is 14.9 Å². The molecule has 154 valence electrons. The van der Waals surface area contributed by atoms with E-state index in [1.807, 2.05) is 6.92 Å². The SMILES string of the molecule is CCNC(=O)c1ccc(NC(=S)NC(=O)c2ccc(OCCOC)c(Br)c2)cc1. The average molecular weight is 480 g/mol. The van der Waals surface area contributed by atoms with E-state index in [2.05, 4.69) is 31.9 Å². The number of ether oxygens (including phenoxy) is 2. The molecule has 0 aromatic heterocycles. The van der Waals surface area contributed by atoms with Gasteiger partial charge in [0.05, 0.1) is 11.1 Å². The number of amides is 2. The number of anilines is 1. The van der Waals surface area contributed by atoms with E-state index in [0.29, 0.717) is 46.8 Å². The van der Waals surface area contributed by atoms with Crippen molar-refractivity contribution in [1.82, 2.24) is 10.6 Å². The third-order valence-electron chi connectivity index (χ3n) is 3.71. The molecule has 2 rings (SSSR count). The summed E-state index contributed by atoms with van der Waals surface area (Å²) in [6.07, 6.45) is 0. The second-order valence-corrected chi connectivity index (χ2v) is 7.09. The van der Waals surface area contributed by atoms with Gasteiger partial charge in [0.1, 0.15) is 12.4 Å². The molecule has 0 unspecified atom stereocenters. The van der Waals surface area contributed by atoms with E-state index in [-0.39, 0.29) is 16.9 Å². The highest BCUT2D eigenvalue weighted by molar-refractivity contribution is 9.10. The summed E-state index contributed by atoms with van der Waals surface area (Å²) in [5.41, 5.74) is 1.63. The van der Waals surface area contributed by atoms with Crippen molar-refractivity contribution in [3.63, 3.8) is 0 Å². The molecule has 0 aliphatic carbocycles. The number of benzene rings is 2. The van der Waals surface area contributed by atoms with Crippen LogP contribution in [0.5, 0.6) is 5.75 Å². The van der Waals surface area contributed by atoms with Crippen LogP contribution in [0.25, 0.3) is 0 Å². The zero-order valence-electron chi connectivity index (χ0n) is 16.1. The molecule has 3 N–H and O–H groups in total. The van der Waals surface area contributed by atoms with E-state index in [9.17, 15) is 9.59 Å². The molecular formula is C20H22BrN3O4S. The Labute approximate surface area is 183 Å². The van der Waals surface area contributed by atoms with Crippen molar-refractivity contribution in [3.05, 3.63) is 58.1 Å². The summed E-state index contributed by atoms with van der Waals surface area (Å²) in [5.74, 6) is 0.118. The first-order valence-electron chi connectivity index (χ1n) is 8.86. The molecule has 0 radical (unpaired) electrons. The summed E-state index contributed by atoms with van der Waals surface area (Å²) in [6, 6.07) is 11.8. The molecule has 0 atom stereocenters. The fraction of sp³-hybridized carbons (Fsp3) is 0.250. The molecular weight excluding hydrogens is 458 g/mol. The highest BCUT2D eigenvalue weighted by Gasteiger charge is 2.11. The van der Waals surface area contributed by atoms with Crippen LogP contribution < -0.4 is 20.7 Å². The average Bonchev–Trinajstić information content (AvgIpc) is 2.70. The minimum Gasteiger partial charge on any atom is -0.490 e. The summed E-state index contributed by atoms with van der Waals surface area (Å²) in [5, 5.41) is 8.42. The lowest BCUT2D eigenvalue weighted by Gasteiger charge is -2.12. The van der Waals surface area contributed by atoms with E-state index < -0.39 is 0 Å². The number of carbonyl (C=O) groups excluding carboxylic acids is 2. The molecule has 0 bridgehead atoms. The molecule has 0 aliphatic rings. The van der Waals surface area contributed by atoms with Crippen LogP contribution in [-0.2, 0) is 4.74 Å². The van der Waals surface area contributed by atoms with Crippen LogP contribution >= 0.6 is 28.1 Å². The van der Waals surface area contributed by atoms with Crippen molar-refractivity contribution in [3.8, 4) is 5.75 Å². The smallest absolute Gasteiger partial charge is 0.257 e. The van der Waals surface area contributed by atoms with Gasteiger partial charge < -0.3 is 20.1 Å². The summed E-state index contributed by atoms with van der Waals surface area (Å²) in [7, 11) is 1.60. The predicted molar refractivity (Wildman–Crippen MR) is 120 cm³/mol. The fourth-order valence-electron chi connectivity index (χ4n) is 2.30. The highest BCUT2D eigenvalue weighted by atomic mass is 79.9. The van der Waals surface area contributed by atoms with E-state index in [1.54, 1.807) is 49.6 Å². The molecule has 0 aliphatic heterocycles. The molecule has 2 amide bonds. The number of hydrogen-bond acceptors (Lipinski definition) is 5. The van der Waals surface area contributed by atoms with Crippen molar-refractivity contribution in [2.45, 2.75) is 6.92 Å². The molecule has 0 heterocycles. The first-order chi connectivity index (χ1) is 13.9. The van der Waals surface area contributed by atoms with Gasteiger partial charge in [-0.15, -0.1) is 0 Å². The summed E-state index contributed by atoms with van der Waals surface area (Å²) in [4.78, 5) is 24.2. The maximum Gasteiger partial charge on any atom is 0.257 e. The number of nitrogens with one attached hydrogen (secondary N) is 3. The van der Waals surface area contributed by atoms with Crippen LogP contribution in [-0.4, -0.2) is 43.8 Å². The number of halogens is 1. The Morgan fingerprint density at radius 2 is 1.72 bits per heavy atom. The van der Waals surface area contributed by atoms with E-state index in [4.69, 9.17) is 21.7 Å². The normalized spacial score (nSPS) is 10.2. The minimum atomic E-state index is -0.356. The fourth-order valence-corrected chi connectivity index (χ4v) is 3.00. The Balaban J connectivity index is 1.92. The predicted octanol–water partition coefficient (Wildman–Crippen LogP) is 3.35. The zero-order valence-corrected chi connectivity index (χ0v) is 18.5. The van der Waals surface area contributed by atoms with E-state index in [0.717, 1.165) is 0 Å². The minimum absolute atomic E-state index is 0.143. The number of thiocarbonyl (C=S) groups is 1. The third-order valence-corrected chi connectivity index (χ3v) is 4.53. The lowest BCUT2D eigenvalue weighted by atomic mass is 10.2. The molecule has 0 saturated heterocycles. The standard InChI is InChI=1S/C20H22BrN3O4S/c1-3-22-18(25)13-4-7-15(8-5-13)23-20(29)24-19(26)14-6-9-17(16(21)12-14)28-11-10-27-2/h4-9,12H,3,10-11H2,1-2H3,(H,22,25)(H2,23,24,26,29). The number of carbonyl (C=O) groups is 2. The largest absolute Gasteiger partial charge is 0.490 e. The molecule has 29 heavy (non-hydrogen) atoms. The van der Waals surface area contributed by atoms with Gasteiger partial charge in [0.15, 0.2) is 5.11 Å². The maximum atomic E-state index is 12.4. The van der Waals surface area contributed by atoms with Gasteiger partial charge in [-0.2, -0.15) is 0 Å². The second-order valence-electron chi connectivity index (χ2n) is 5.83. The van der Waals surface area contributed by atoms with Gasteiger partial charge in [0.25, 0.3) is 11.8 Å². The Kier molecular flexibility index (Phi) is 9.04. The topological polar surface area (TPSA) is 88.7 Å². The van der Waals surface area contributed by atoms with Crippen LogP contribution in [0.4, 0.5) is 5.69 Å². The summed E-state index contributed by atoms with van der Waals surface area (Å²) in [6.45, 7) is 3.30. The van der Waals surface area contributed by atoms with E-state index in [1.165, 1.54) is 0 Å². The molecule has 7 nitrogen and oxygen atoms in total. The van der Waals surface area contributed by atoms with Crippen LogP contribution in [0.3, 0.4) is 0 Å². The number of hydrogen-bond donors (Lipinski definition) is 3. The van der Waals surface area contributed by atoms with Crippen molar-refractivity contribution >= 4 is 50.8 Å². The lowest BCUT2D eigenvalue weighted by Crippen LogP contribution is -2.34. The van der Waals surface area contributed by atoms with Gasteiger partial charge in [-0.1, -0.05) is 0 Å².